The van der Waals surface area contributed by atoms with E-state index < -0.39 is 24.0 Å². The van der Waals surface area contributed by atoms with E-state index in [2.05, 4.69) is 9.97 Å². The highest BCUT2D eigenvalue weighted by Crippen LogP contribution is 2.33. The fourth-order valence-corrected chi connectivity index (χ4v) is 3.57. The van der Waals surface area contributed by atoms with E-state index in [0.717, 1.165) is 12.1 Å². The molecule has 0 amide bonds. The Kier molecular flexibility index (Phi) is 5.07. The van der Waals surface area contributed by atoms with Gasteiger partial charge in [0.1, 0.15) is 12.2 Å². The Bertz CT molecular complexity index is 1100. The number of piperidine rings is 1. The molecule has 156 valence electrons. The monoisotopic (exact) mass is 418 g/mol. The van der Waals surface area contributed by atoms with Crippen molar-refractivity contribution in [2.45, 2.75) is 31.4 Å². The molecular formula is C20H18F4N6. The van der Waals surface area contributed by atoms with Gasteiger partial charge in [0.05, 0.1) is 40.4 Å². The number of pyridine rings is 1. The van der Waals surface area contributed by atoms with E-state index in [4.69, 9.17) is 11.0 Å². The summed E-state index contributed by atoms with van der Waals surface area (Å²) in [5.41, 5.74) is 6.78. The van der Waals surface area contributed by atoms with E-state index >= 15 is 0 Å². The van der Waals surface area contributed by atoms with Crippen LogP contribution in [0.1, 0.15) is 23.2 Å². The lowest BCUT2D eigenvalue weighted by Gasteiger charge is -2.34. The third-order valence-electron chi connectivity index (χ3n) is 5.18. The predicted octanol–water partition coefficient (Wildman–Crippen LogP) is 3.25. The first-order valence-electron chi connectivity index (χ1n) is 9.33. The van der Waals surface area contributed by atoms with E-state index in [1.54, 1.807) is 21.6 Å². The summed E-state index contributed by atoms with van der Waals surface area (Å²) in [6.45, 7) is 0.788. The third-order valence-corrected chi connectivity index (χ3v) is 5.18. The van der Waals surface area contributed by atoms with Crippen molar-refractivity contribution < 1.29 is 17.6 Å². The zero-order valence-electron chi connectivity index (χ0n) is 15.8. The van der Waals surface area contributed by atoms with Gasteiger partial charge in [-0.25, -0.2) is 9.37 Å². The lowest BCUT2D eigenvalue weighted by molar-refractivity contribution is -0.137. The fraction of sp³-hybridized carbons (Fsp3) is 0.350. The molecule has 0 saturated carbocycles. The quantitative estimate of drug-likeness (QED) is 0.661. The molecule has 0 unspecified atom stereocenters. The van der Waals surface area contributed by atoms with Crippen molar-refractivity contribution in [1.29, 1.82) is 5.26 Å². The molecule has 3 heterocycles. The summed E-state index contributed by atoms with van der Waals surface area (Å²) in [7, 11) is 0. The van der Waals surface area contributed by atoms with Crippen molar-refractivity contribution in [3.8, 4) is 6.07 Å². The number of benzene rings is 1. The molecule has 1 aliphatic rings. The van der Waals surface area contributed by atoms with Crippen LogP contribution in [0.25, 0.3) is 11.0 Å². The number of nitrogens with two attached hydrogens (primary N) is 1. The van der Waals surface area contributed by atoms with Gasteiger partial charge < -0.3 is 15.2 Å². The molecule has 1 aromatic carbocycles. The maximum Gasteiger partial charge on any atom is 0.416 e. The highest BCUT2D eigenvalue weighted by molar-refractivity contribution is 5.80. The first-order chi connectivity index (χ1) is 14.3. The summed E-state index contributed by atoms with van der Waals surface area (Å²) in [4.78, 5) is 10.5. The Hall–Kier alpha value is -3.19. The van der Waals surface area contributed by atoms with Crippen molar-refractivity contribution in [2.75, 3.05) is 18.0 Å². The number of nitriles is 1. The summed E-state index contributed by atoms with van der Waals surface area (Å²) in [5.74, 6) is 0.415. The summed E-state index contributed by atoms with van der Waals surface area (Å²) in [5, 5.41) is 8.93. The predicted molar refractivity (Wildman–Crippen MR) is 102 cm³/mol. The molecule has 2 aromatic heterocycles. The van der Waals surface area contributed by atoms with E-state index in [1.165, 1.54) is 12.3 Å². The molecule has 30 heavy (non-hydrogen) atoms. The third kappa shape index (κ3) is 3.80. The van der Waals surface area contributed by atoms with Crippen LogP contribution in [-0.4, -0.2) is 39.8 Å². The minimum absolute atomic E-state index is 0.185. The molecule has 4 rings (SSSR count). The molecule has 1 fully saturated rings. The van der Waals surface area contributed by atoms with Crippen LogP contribution in [0.4, 0.5) is 23.5 Å². The summed E-state index contributed by atoms with van der Waals surface area (Å²) < 4.78 is 55.0. The van der Waals surface area contributed by atoms with Gasteiger partial charge in [-0.05, 0) is 36.8 Å². The Morgan fingerprint density at radius 3 is 2.67 bits per heavy atom. The second-order valence-corrected chi connectivity index (χ2v) is 7.26. The highest BCUT2D eigenvalue weighted by atomic mass is 19.4. The van der Waals surface area contributed by atoms with Gasteiger partial charge in [-0.1, -0.05) is 0 Å². The Labute approximate surface area is 169 Å². The molecule has 0 bridgehead atoms. The summed E-state index contributed by atoms with van der Waals surface area (Å²) >= 11 is 0. The number of hydrogen-bond donors (Lipinski definition) is 1. The number of rotatable bonds is 3. The average molecular weight is 418 g/mol. The number of fused-ring (bicyclic) bond motifs is 1. The van der Waals surface area contributed by atoms with E-state index in [1.807, 2.05) is 6.07 Å². The van der Waals surface area contributed by atoms with Gasteiger partial charge in [-0.2, -0.15) is 18.4 Å². The van der Waals surface area contributed by atoms with Crippen LogP contribution >= 0.6 is 0 Å². The number of anilines is 1. The second-order valence-electron chi connectivity index (χ2n) is 7.26. The summed E-state index contributed by atoms with van der Waals surface area (Å²) in [6, 6.07) is 7.97. The lowest BCUT2D eigenvalue weighted by Crippen LogP contribution is -2.50. The topological polar surface area (TPSA) is 83.8 Å². The number of nitrogens with zero attached hydrogens (tertiary/aromatic N) is 5. The van der Waals surface area contributed by atoms with Crippen molar-refractivity contribution >= 4 is 17.0 Å². The molecule has 0 radical (unpaired) electrons. The lowest BCUT2D eigenvalue weighted by atomic mass is 10.1. The van der Waals surface area contributed by atoms with Crippen LogP contribution in [-0.2, 0) is 12.7 Å². The fourth-order valence-electron chi connectivity index (χ4n) is 3.57. The molecule has 0 spiro atoms. The zero-order valence-corrected chi connectivity index (χ0v) is 15.8. The number of aromatic nitrogens is 3. The number of halogens is 4. The molecule has 0 aliphatic carbocycles. The Morgan fingerprint density at radius 1 is 1.23 bits per heavy atom. The normalized spacial score (nSPS) is 19.8. The van der Waals surface area contributed by atoms with Gasteiger partial charge in [-0.15, -0.1) is 0 Å². The van der Waals surface area contributed by atoms with Gasteiger partial charge in [0, 0.05) is 19.3 Å². The minimum atomic E-state index is -4.48. The average Bonchev–Trinajstić information content (AvgIpc) is 3.07. The number of hydrogen-bond acceptors (Lipinski definition) is 5. The van der Waals surface area contributed by atoms with Crippen LogP contribution in [0.5, 0.6) is 0 Å². The highest BCUT2D eigenvalue weighted by Gasteiger charge is 2.32. The van der Waals surface area contributed by atoms with Crippen molar-refractivity contribution in [1.82, 2.24) is 14.5 Å². The Morgan fingerprint density at radius 2 is 2.03 bits per heavy atom. The smallest absolute Gasteiger partial charge is 0.340 e. The number of alkyl halides is 4. The molecule has 2 N–H and O–H groups in total. The van der Waals surface area contributed by atoms with Gasteiger partial charge in [0.25, 0.3) is 0 Å². The molecular weight excluding hydrogens is 400 g/mol. The SMILES string of the molecule is N#Cc1ccc(Cn2c(N3CC[C@@H](F)[C@H](N)C3)nc3cc(C(F)(F)F)ccc32)nc1. The van der Waals surface area contributed by atoms with Crippen LogP contribution < -0.4 is 10.6 Å². The Balaban J connectivity index is 1.79. The molecule has 1 aliphatic heterocycles. The molecule has 3 aromatic rings. The van der Waals surface area contributed by atoms with Gasteiger partial charge in [0.15, 0.2) is 0 Å². The molecule has 6 nitrogen and oxygen atoms in total. The first-order valence-corrected chi connectivity index (χ1v) is 9.33. The maximum absolute atomic E-state index is 13.8. The summed E-state index contributed by atoms with van der Waals surface area (Å²) in [6.07, 6.45) is -3.97. The van der Waals surface area contributed by atoms with E-state index in [-0.39, 0.29) is 25.0 Å². The van der Waals surface area contributed by atoms with Gasteiger partial charge >= 0.3 is 6.18 Å². The van der Waals surface area contributed by atoms with Gasteiger partial charge in [0.2, 0.25) is 5.95 Å². The molecule has 10 heteroatoms. The van der Waals surface area contributed by atoms with E-state index in [9.17, 15) is 17.6 Å². The van der Waals surface area contributed by atoms with Crippen LogP contribution in [0, 0.1) is 11.3 Å². The first kappa shape index (κ1) is 20.1. The number of imidazole rings is 1. The molecule has 2 atom stereocenters. The van der Waals surface area contributed by atoms with Crippen molar-refractivity contribution in [3.63, 3.8) is 0 Å². The van der Waals surface area contributed by atoms with Crippen molar-refractivity contribution in [2.24, 2.45) is 5.73 Å². The van der Waals surface area contributed by atoms with Crippen molar-refractivity contribution in [3.05, 3.63) is 53.3 Å². The second kappa shape index (κ2) is 7.57. The largest absolute Gasteiger partial charge is 0.416 e. The van der Waals surface area contributed by atoms with Crippen LogP contribution in [0.2, 0.25) is 0 Å². The van der Waals surface area contributed by atoms with Gasteiger partial charge in [-0.3, -0.25) is 4.98 Å². The zero-order chi connectivity index (χ0) is 21.5. The standard InChI is InChI=1S/C20H18F4N6/c21-15-5-6-29(11-16(15)26)19-28-17-7-13(20(22,23)24)2-4-18(17)30(19)10-14-3-1-12(8-25)9-27-14/h1-4,7,9,15-16H,5-6,10-11,26H2/t15-,16-/m1/s1. The maximum atomic E-state index is 13.8. The minimum Gasteiger partial charge on any atom is -0.340 e. The van der Waals surface area contributed by atoms with Crippen LogP contribution in [0.3, 0.4) is 0 Å². The van der Waals surface area contributed by atoms with Crippen LogP contribution in [0.15, 0.2) is 36.5 Å². The molecule has 1 saturated heterocycles. The van der Waals surface area contributed by atoms with E-state index in [0.29, 0.717) is 29.3 Å².